The van der Waals surface area contributed by atoms with Gasteiger partial charge in [-0.15, -0.1) is 0 Å². The summed E-state index contributed by atoms with van der Waals surface area (Å²) in [7, 11) is 0. The van der Waals surface area contributed by atoms with Gasteiger partial charge in [0.25, 0.3) is 0 Å². The summed E-state index contributed by atoms with van der Waals surface area (Å²) in [5, 5.41) is 12.1. The SMILES string of the molecule is CC(C)c1cc(N(c2ccccc2-c2ccccc2)c2cccc3c2oc2ccccc23)c2cc3c4c(cc(N(c5ccccc5-c5ccccc5)c5cccc6c5oc5ccccc56)c5ccc1c2c54)CCC3(C)C. The highest BCUT2D eigenvalue weighted by atomic mass is 16.3. The van der Waals surface area contributed by atoms with E-state index in [1.165, 1.54) is 49.0 Å². The summed E-state index contributed by atoms with van der Waals surface area (Å²) in [6.45, 7) is 9.61. The van der Waals surface area contributed by atoms with Gasteiger partial charge in [0, 0.05) is 48.8 Å². The lowest BCUT2D eigenvalue weighted by Gasteiger charge is -2.37. The van der Waals surface area contributed by atoms with Gasteiger partial charge in [0.2, 0.25) is 0 Å². The van der Waals surface area contributed by atoms with Crippen LogP contribution in [0.5, 0.6) is 0 Å². The normalized spacial score (nSPS) is 13.4. The van der Waals surface area contributed by atoms with E-state index >= 15 is 0 Å². The van der Waals surface area contributed by atoms with Crippen molar-refractivity contribution in [2.45, 2.75) is 51.9 Å². The second kappa shape index (κ2) is 17.0. The van der Waals surface area contributed by atoms with Crippen LogP contribution >= 0.6 is 0 Å². The maximum atomic E-state index is 7.02. The molecule has 0 saturated heterocycles. The van der Waals surface area contributed by atoms with Crippen molar-refractivity contribution >= 4 is 110 Å². The van der Waals surface area contributed by atoms with Crippen LogP contribution in [0.4, 0.5) is 34.1 Å². The van der Waals surface area contributed by atoms with Gasteiger partial charge in [-0.3, -0.25) is 0 Å². The first-order valence-electron chi connectivity index (χ1n) is 26.8. The van der Waals surface area contributed by atoms with Gasteiger partial charge in [-0.1, -0.05) is 198 Å². The first kappa shape index (κ1) is 44.4. The van der Waals surface area contributed by atoms with E-state index in [0.717, 1.165) is 113 Å². The van der Waals surface area contributed by atoms with Crippen LogP contribution in [-0.4, -0.2) is 0 Å². The zero-order valence-electron chi connectivity index (χ0n) is 43.1. The molecule has 364 valence electrons. The first-order chi connectivity index (χ1) is 37.3. The standard InChI is InChI=1S/C72H54N2O2/c1-44(2)56-43-64(74(60-32-16-12-26-49(60)46-23-9-6-10-24-46)62-34-20-30-54-51-28-14-18-36-66(51)76-71(54)62)57-42-58-67-47(39-40-72(58,3)4)41-63(55-38-37-52(56)68(57)69(55)67)73(59-31-15-11-25-48(59)45-21-7-5-8-22-45)61-33-19-29-53-50-27-13-17-35-65(50)75-70(53)61/h5-38,41-44H,39-40H2,1-4H3. The maximum Gasteiger partial charge on any atom is 0.159 e. The number of hydrogen-bond donors (Lipinski definition) is 0. The molecule has 0 N–H and O–H groups in total. The van der Waals surface area contributed by atoms with E-state index in [0.29, 0.717) is 0 Å². The van der Waals surface area contributed by atoms with Crippen LogP contribution in [0, 0.1) is 0 Å². The minimum absolute atomic E-state index is 0.111. The monoisotopic (exact) mass is 978 g/mol. The smallest absolute Gasteiger partial charge is 0.159 e. The molecule has 4 nitrogen and oxygen atoms in total. The minimum atomic E-state index is -0.111. The Bertz CT molecular complexity index is 4600. The molecule has 1 aliphatic carbocycles. The van der Waals surface area contributed by atoms with Crippen molar-refractivity contribution in [2.75, 3.05) is 9.80 Å². The third-order valence-corrected chi connectivity index (χ3v) is 16.6. The molecule has 0 amide bonds. The molecule has 0 aliphatic heterocycles. The molecule has 0 spiro atoms. The number of anilines is 6. The lowest BCUT2D eigenvalue weighted by Crippen LogP contribution is -2.24. The molecule has 15 rings (SSSR count). The van der Waals surface area contributed by atoms with Crippen LogP contribution in [0.3, 0.4) is 0 Å². The number of furan rings is 2. The van der Waals surface area contributed by atoms with Crippen molar-refractivity contribution in [1.29, 1.82) is 0 Å². The summed E-state index contributed by atoms with van der Waals surface area (Å²) in [6.07, 6.45) is 1.97. The second-order valence-electron chi connectivity index (χ2n) is 21.8. The predicted octanol–water partition coefficient (Wildman–Crippen LogP) is 21.0. The van der Waals surface area contributed by atoms with Gasteiger partial charge < -0.3 is 18.6 Å². The largest absolute Gasteiger partial charge is 0.454 e. The van der Waals surface area contributed by atoms with E-state index in [9.17, 15) is 0 Å². The lowest BCUT2D eigenvalue weighted by molar-refractivity contribution is 0.475. The minimum Gasteiger partial charge on any atom is -0.454 e. The number of fused-ring (bicyclic) bond motifs is 6. The fourth-order valence-corrected chi connectivity index (χ4v) is 13.0. The van der Waals surface area contributed by atoms with E-state index in [4.69, 9.17) is 8.83 Å². The highest BCUT2D eigenvalue weighted by Crippen LogP contribution is 2.57. The van der Waals surface area contributed by atoms with Crippen LogP contribution in [-0.2, 0) is 11.8 Å². The van der Waals surface area contributed by atoms with Crippen molar-refractivity contribution in [2.24, 2.45) is 0 Å². The second-order valence-corrected chi connectivity index (χ2v) is 21.8. The number of para-hydroxylation sites is 6. The molecule has 76 heavy (non-hydrogen) atoms. The van der Waals surface area contributed by atoms with Crippen LogP contribution in [0.1, 0.15) is 56.7 Å². The molecule has 1 aliphatic rings. The van der Waals surface area contributed by atoms with Crippen LogP contribution < -0.4 is 9.80 Å². The molecule has 2 aromatic heterocycles. The number of hydrogen-bond acceptors (Lipinski definition) is 4. The highest BCUT2D eigenvalue weighted by Gasteiger charge is 2.35. The molecule has 0 bridgehead atoms. The van der Waals surface area contributed by atoms with Gasteiger partial charge in [-0.25, -0.2) is 0 Å². The van der Waals surface area contributed by atoms with Crippen molar-refractivity contribution in [1.82, 2.24) is 0 Å². The maximum absolute atomic E-state index is 7.02. The molecule has 0 fully saturated rings. The number of rotatable bonds is 9. The molecule has 0 radical (unpaired) electrons. The molecular formula is C72H54N2O2. The van der Waals surface area contributed by atoms with Gasteiger partial charge in [0.1, 0.15) is 11.2 Å². The number of benzene rings is 12. The molecule has 2 heterocycles. The third kappa shape index (κ3) is 6.63. The topological polar surface area (TPSA) is 32.8 Å². The van der Waals surface area contributed by atoms with Gasteiger partial charge in [-0.05, 0) is 123 Å². The van der Waals surface area contributed by atoms with Gasteiger partial charge in [0.05, 0.1) is 34.1 Å². The van der Waals surface area contributed by atoms with Crippen molar-refractivity contribution in [3.05, 3.63) is 241 Å². The Morgan fingerprint density at radius 3 is 1.42 bits per heavy atom. The molecule has 12 aromatic carbocycles. The Morgan fingerprint density at radius 1 is 0.382 bits per heavy atom. The Balaban J connectivity index is 1.10. The zero-order chi connectivity index (χ0) is 50.8. The van der Waals surface area contributed by atoms with E-state index in [1.54, 1.807) is 0 Å². The lowest BCUT2D eigenvalue weighted by atomic mass is 9.70. The fraction of sp³-hybridized carbons (Fsp3) is 0.111. The molecule has 0 saturated carbocycles. The summed E-state index contributed by atoms with van der Waals surface area (Å²) in [6, 6.07) is 82.1. The Morgan fingerprint density at radius 2 is 0.855 bits per heavy atom. The molecular weight excluding hydrogens is 925 g/mol. The van der Waals surface area contributed by atoms with Crippen molar-refractivity contribution in [3.63, 3.8) is 0 Å². The highest BCUT2D eigenvalue weighted by molar-refractivity contribution is 6.31. The summed E-state index contributed by atoms with van der Waals surface area (Å²) < 4.78 is 14.0. The van der Waals surface area contributed by atoms with E-state index < -0.39 is 0 Å². The quantitative estimate of drug-likeness (QED) is 0.135. The summed E-state index contributed by atoms with van der Waals surface area (Å²) in [4.78, 5) is 5.05. The summed E-state index contributed by atoms with van der Waals surface area (Å²) >= 11 is 0. The van der Waals surface area contributed by atoms with Crippen LogP contribution in [0.15, 0.2) is 233 Å². The van der Waals surface area contributed by atoms with Gasteiger partial charge in [0.15, 0.2) is 11.2 Å². The number of nitrogens with zero attached hydrogens (tertiary/aromatic N) is 2. The molecule has 0 atom stereocenters. The zero-order valence-corrected chi connectivity index (χ0v) is 43.1. The van der Waals surface area contributed by atoms with Gasteiger partial charge in [-0.2, -0.15) is 0 Å². The summed E-state index contributed by atoms with van der Waals surface area (Å²) in [5.41, 5.74) is 18.5. The average Bonchev–Trinajstić information content (AvgIpc) is 4.19. The fourth-order valence-electron chi connectivity index (χ4n) is 13.0. The van der Waals surface area contributed by atoms with Crippen molar-refractivity contribution < 1.29 is 8.83 Å². The average molecular weight is 979 g/mol. The van der Waals surface area contributed by atoms with E-state index in [1.807, 2.05) is 0 Å². The Kier molecular flexibility index (Phi) is 9.90. The van der Waals surface area contributed by atoms with Crippen LogP contribution in [0.25, 0.3) is 98.4 Å². The predicted molar refractivity (Wildman–Crippen MR) is 320 cm³/mol. The number of aryl methyl sites for hydroxylation is 1. The molecule has 0 unspecified atom stereocenters. The van der Waals surface area contributed by atoms with Gasteiger partial charge >= 0.3 is 0 Å². The first-order valence-corrected chi connectivity index (χ1v) is 26.8. The van der Waals surface area contributed by atoms with E-state index in [2.05, 4.69) is 262 Å². The molecule has 4 heteroatoms. The summed E-state index contributed by atoms with van der Waals surface area (Å²) in [5.74, 6) is 0.208. The molecule has 14 aromatic rings. The van der Waals surface area contributed by atoms with Crippen LogP contribution in [0.2, 0.25) is 0 Å². The van der Waals surface area contributed by atoms with Crippen molar-refractivity contribution in [3.8, 4) is 22.3 Å². The Hall–Kier alpha value is -9.12. The third-order valence-electron chi connectivity index (χ3n) is 16.6. The Labute approximate surface area is 442 Å². The van der Waals surface area contributed by atoms with E-state index in [-0.39, 0.29) is 11.3 Å².